The quantitative estimate of drug-likeness (QED) is 0.362. The number of amides is 4. The standard InChI is InChI=1S/C32H34ClN5O5/c1-32(2,3)43-25-16-21(24(39)17-26(34)40)10-13-23(25)30-36-28(19-6-4-5-7-19)29(20-8-11-22(33)12-9-20)38(30)31(42)37-15-14-35-27(41)18-37/h4-6,8-13,16,28-29H,7,14-15,17-18H2,1-3H3,(H2,34,40)(H,35,41)/t28-,29+/m0/s1. The Kier molecular flexibility index (Phi) is 8.41. The van der Waals surface area contributed by atoms with E-state index in [2.05, 4.69) is 5.32 Å². The molecule has 11 heteroatoms. The van der Waals surface area contributed by atoms with E-state index in [4.69, 9.17) is 27.1 Å². The van der Waals surface area contributed by atoms with E-state index in [0.29, 0.717) is 41.7 Å². The molecule has 2 aliphatic heterocycles. The van der Waals surface area contributed by atoms with Gasteiger partial charge in [0, 0.05) is 23.7 Å². The Morgan fingerprint density at radius 1 is 1.14 bits per heavy atom. The maximum atomic E-state index is 14.4. The van der Waals surface area contributed by atoms with Gasteiger partial charge in [0.25, 0.3) is 0 Å². The van der Waals surface area contributed by atoms with Crippen LogP contribution < -0.4 is 15.8 Å². The summed E-state index contributed by atoms with van der Waals surface area (Å²) in [4.78, 5) is 59.3. The van der Waals surface area contributed by atoms with Crippen LogP contribution in [-0.2, 0) is 9.59 Å². The Balaban J connectivity index is 1.68. The Hall–Kier alpha value is -4.44. The van der Waals surface area contributed by atoms with Crippen LogP contribution in [0.3, 0.4) is 0 Å². The first-order valence-corrected chi connectivity index (χ1v) is 14.5. The molecular weight excluding hydrogens is 570 g/mol. The van der Waals surface area contributed by atoms with E-state index >= 15 is 0 Å². The molecule has 2 atom stereocenters. The fourth-order valence-electron chi connectivity index (χ4n) is 5.42. The average molecular weight is 604 g/mol. The lowest BCUT2D eigenvalue weighted by Gasteiger charge is -2.36. The lowest BCUT2D eigenvalue weighted by molar-refractivity contribution is -0.123. The minimum absolute atomic E-state index is 0.0865. The zero-order valence-electron chi connectivity index (χ0n) is 24.3. The van der Waals surface area contributed by atoms with Crippen LogP contribution in [0.15, 0.2) is 71.3 Å². The molecule has 0 aromatic heterocycles. The molecule has 0 radical (unpaired) electrons. The molecule has 1 saturated heterocycles. The second-order valence-corrected chi connectivity index (χ2v) is 12.1. The van der Waals surface area contributed by atoms with Crippen LogP contribution in [0.5, 0.6) is 5.75 Å². The largest absolute Gasteiger partial charge is 0.487 e. The zero-order chi connectivity index (χ0) is 30.9. The molecule has 10 nitrogen and oxygen atoms in total. The molecule has 4 amide bonds. The van der Waals surface area contributed by atoms with Crippen molar-refractivity contribution in [3.05, 3.63) is 88.0 Å². The smallest absolute Gasteiger partial charge is 0.326 e. The molecule has 224 valence electrons. The Bertz CT molecular complexity index is 1560. The minimum Gasteiger partial charge on any atom is -0.487 e. The highest BCUT2D eigenvalue weighted by Crippen LogP contribution is 2.42. The number of hydrogen-bond acceptors (Lipinski definition) is 6. The fourth-order valence-corrected chi connectivity index (χ4v) is 5.54. The van der Waals surface area contributed by atoms with Crippen LogP contribution in [0.4, 0.5) is 4.79 Å². The van der Waals surface area contributed by atoms with Gasteiger partial charge in [-0.1, -0.05) is 48.0 Å². The Morgan fingerprint density at radius 2 is 1.88 bits per heavy atom. The second kappa shape index (κ2) is 12.0. The number of Topliss-reactive ketones (excluding diaryl/α,β-unsaturated/α-hetero) is 1. The number of primary amides is 1. The molecule has 0 bridgehead atoms. The number of carbonyl (C=O) groups excluding carboxylic acids is 4. The summed E-state index contributed by atoms with van der Waals surface area (Å²) in [5.74, 6) is -0.750. The van der Waals surface area contributed by atoms with Crippen LogP contribution in [0.25, 0.3) is 0 Å². The van der Waals surface area contributed by atoms with Gasteiger partial charge >= 0.3 is 6.03 Å². The van der Waals surface area contributed by atoms with Crippen molar-refractivity contribution in [3.63, 3.8) is 0 Å². The van der Waals surface area contributed by atoms with Gasteiger partial charge in [0.1, 0.15) is 23.7 Å². The normalized spacial score (nSPS) is 20.0. The van der Waals surface area contributed by atoms with E-state index in [9.17, 15) is 19.2 Å². The maximum absolute atomic E-state index is 14.4. The first kappa shape index (κ1) is 30.0. The Labute approximate surface area is 255 Å². The van der Waals surface area contributed by atoms with Gasteiger partial charge in [0.05, 0.1) is 24.1 Å². The number of halogens is 1. The van der Waals surface area contributed by atoms with Gasteiger partial charge in [-0.3, -0.25) is 24.3 Å². The summed E-state index contributed by atoms with van der Waals surface area (Å²) < 4.78 is 6.34. The lowest BCUT2D eigenvalue weighted by Crippen LogP contribution is -2.55. The number of allylic oxidation sites excluding steroid dienone is 3. The zero-order valence-corrected chi connectivity index (χ0v) is 25.1. The number of benzene rings is 2. The molecule has 0 unspecified atom stereocenters. The summed E-state index contributed by atoms with van der Waals surface area (Å²) in [6, 6.07) is 10.8. The van der Waals surface area contributed by atoms with Crippen molar-refractivity contribution in [3.8, 4) is 5.75 Å². The van der Waals surface area contributed by atoms with Crippen LogP contribution in [-0.4, -0.2) is 70.5 Å². The van der Waals surface area contributed by atoms with E-state index in [1.165, 1.54) is 4.90 Å². The van der Waals surface area contributed by atoms with E-state index in [-0.39, 0.29) is 24.0 Å². The fraction of sp³-hybridized carbons (Fsp3) is 0.344. The number of rotatable bonds is 7. The van der Waals surface area contributed by atoms with Crippen molar-refractivity contribution in [2.24, 2.45) is 10.7 Å². The number of carbonyl (C=O) groups is 4. The molecule has 5 rings (SSSR count). The molecule has 2 aromatic carbocycles. The van der Waals surface area contributed by atoms with Gasteiger partial charge in [-0.05, 0) is 62.6 Å². The Morgan fingerprint density at radius 3 is 2.51 bits per heavy atom. The number of nitrogens with one attached hydrogen (secondary N) is 1. The highest BCUT2D eigenvalue weighted by molar-refractivity contribution is 6.30. The molecule has 1 fully saturated rings. The van der Waals surface area contributed by atoms with Gasteiger partial charge < -0.3 is 20.7 Å². The highest BCUT2D eigenvalue weighted by Gasteiger charge is 2.46. The number of urea groups is 1. The predicted octanol–water partition coefficient (Wildman–Crippen LogP) is 4.19. The van der Waals surface area contributed by atoms with Gasteiger partial charge in [-0.15, -0.1) is 0 Å². The van der Waals surface area contributed by atoms with Gasteiger partial charge in [-0.2, -0.15) is 0 Å². The van der Waals surface area contributed by atoms with Gasteiger partial charge in [-0.25, -0.2) is 4.79 Å². The van der Waals surface area contributed by atoms with Gasteiger partial charge in [0.15, 0.2) is 5.78 Å². The third-order valence-corrected chi connectivity index (χ3v) is 7.52. The van der Waals surface area contributed by atoms with Crippen molar-refractivity contribution < 1.29 is 23.9 Å². The van der Waals surface area contributed by atoms with Crippen molar-refractivity contribution in [1.82, 2.24) is 15.1 Å². The number of nitrogens with zero attached hydrogens (tertiary/aromatic N) is 3. The molecule has 2 aromatic rings. The first-order chi connectivity index (χ1) is 20.4. The van der Waals surface area contributed by atoms with Crippen molar-refractivity contribution in [2.75, 3.05) is 19.6 Å². The van der Waals surface area contributed by atoms with E-state index in [0.717, 1.165) is 11.1 Å². The highest BCUT2D eigenvalue weighted by atomic mass is 35.5. The molecule has 1 aliphatic carbocycles. The van der Waals surface area contributed by atoms with E-state index in [1.54, 1.807) is 35.2 Å². The van der Waals surface area contributed by atoms with Crippen LogP contribution in [0.2, 0.25) is 5.02 Å². The number of ketones is 1. The van der Waals surface area contributed by atoms with Crippen LogP contribution in [0, 0.1) is 0 Å². The third kappa shape index (κ3) is 6.64. The molecule has 0 spiro atoms. The van der Waals surface area contributed by atoms with Crippen LogP contribution in [0.1, 0.15) is 61.1 Å². The monoisotopic (exact) mass is 603 g/mol. The number of hydrogen-bond donors (Lipinski definition) is 2. The minimum atomic E-state index is -0.734. The number of piperazine rings is 1. The van der Waals surface area contributed by atoms with Gasteiger partial charge in [0.2, 0.25) is 11.8 Å². The molecular formula is C32H34ClN5O5. The summed E-state index contributed by atoms with van der Waals surface area (Å²) >= 11 is 6.24. The first-order valence-electron chi connectivity index (χ1n) is 14.1. The summed E-state index contributed by atoms with van der Waals surface area (Å²) in [5.41, 5.74) is 7.20. The predicted molar refractivity (Wildman–Crippen MR) is 163 cm³/mol. The summed E-state index contributed by atoms with van der Waals surface area (Å²) in [5, 5.41) is 3.33. The molecule has 0 saturated carbocycles. The topological polar surface area (TPSA) is 134 Å². The summed E-state index contributed by atoms with van der Waals surface area (Å²) in [6.07, 6.45) is 6.24. The SMILES string of the molecule is CC(C)(C)Oc1cc(C(=O)CC(N)=O)ccc1C1=N[C@@H](C2=CC=CC2)[C@@H](c2ccc(Cl)cc2)N1C(=O)N1CCNC(=O)C1. The number of ether oxygens (including phenoxy) is 1. The third-order valence-electron chi connectivity index (χ3n) is 7.27. The second-order valence-electron chi connectivity index (χ2n) is 11.7. The van der Waals surface area contributed by atoms with E-state index in [1.807, 2.05) is 51.1 Å². The van der Waals surface area contributed by atoms with Crippen molar-refractivity contribution in [2.45, 2.75) is 51.3 Å². The molecule has 3 aliphatic rings. The number of nitrogens with two attached hydrogens (primary N) is 1. The van der Waals surface area contributed by atoms with Crippen molar-refractivity contribution >= 4 is 41.1 Å². The molecule has 43 heavy (non-hydrogen) atoms. The molecule has 3 N–H and O–H groups in total. The van der Waals surface area contributed by atoms with Crippen molar-refractivity contribution in [1.29, 1.82) is 0 Å². The summed E-state index contributed by atoms with van der Waals surface area (Å²) in [6.45, 7) is 6.20. The summed E-state index contributed by atoms with van der Waals surface area (Å²) in [7, 11) is 0. The lowest BCUT2D eigenvalue weighted by atomic mass is 9.93. The average Bonchev–Trinajstić information content (AvgIpc) is 3.60. The maximum Gasteiger partial charge on any atom is 0.326 e. The molecule has 2 heterocycles. The van der Waals surface area contributed by atoms with Crippen LogP contribution >= 0.6 is 11.6 Å². The number of amidine groups is 1. The number of aliphatic imine (C=N–C) groups is 1. The van der Waals surface area contributed by atoms with E-state index < -0.39 is 35.8 Å².